The molecule has 0 spiro atoms. The average molecular weight is 335 g/mol. The standard InChI is InChI=1S/C16H21N3O3S/c1-12-3-7-14(8-4-12)23(21,22)10-2-9-19-11-15(17-18-19)16(20)13-5-6-13/h3-4,7-8,11,13,16,20H,2,5-6,9-10H2,1H3/t16-/m0/s1. The molecular weight excluding hydrogens is 314 g/mol. The van der Waals surface area contributed by atoms with Gasteiger partial charge in [-0.15, -0.1) is 5.10 Å². The van der Waals surface area contributed by atoms with Crippen molar-refractivity contribution < 1.29 is 13.5 Å². The highest BCUT2D eigenvalue weighted by atomic mass is 32.2. The molecule has 7 heteroatoms. The van der Waals surface area contributed by atoms with E-state index in [4.69, 9.17) is 0 Å². The van der Waals surface area contributed by atoms with Crippen molar-refractivity contribution in [2.45, 2.75) is 43.7 Å². The summed E-state index contributed by atoms with van der Waals surface area (Å²) >= 11 is 0. The lowest BCUT2D eigenvalue weighted by Gasteiger charge is -2.05. The predicted molar refractivity (Wildman–Crippen MR) is 85.6 cm³/mol. The zero-order chi connectivity index (χ0) is 16.4. The molecular formula is C16H21N3O3S. The third-order valence-corrected chi connectivity index (χ3v) is 5.92. The highest BCUT2D eigenvalue weighted by Gasteiger charge is 2.32. The molecule has 1 fully saturated rings. The van der Waals surface area contributed by atoms with E-state index in [1.807, 2.05) is 6.92 Å². The van der Waals surface area contributed by atoms with Gasteiger partial charge in [0.1, 0.15) is 11.8 Å². The monoisotopic (exact) mass is 335 g/mol. The predicted octanol–water partition coefficient (Wildman–Crippen LogP) is 1.89. The van der Waals surface area contributed by atoms with Gasteiger partial charge in [0.05, 0.1) is 16.8 Å². The van der Waals surface area contributed by atoms with Gasteiger partial charge in [-0.2, -0.15) is 0 Å². The minimum atomic E-state index is -3.27. The van der Waals surface area contributed by atoms with Crippen molar-refractivity contribution >= 4 is 9.84 Å². The Morgan fingerprint density at radius 2 is 2.00 bits per heavy atom. The first kappa shape index (κ1) is 16.1. The Balaban J connectivity index is 1.55. The van der Waals surface area contributed by atoms with Crippen molar-refractivity contribution in [3.63, 3.8) is 0 Å². The Morgan fingerprint density at radius 1 is 1.30 bits per heavy atom. The Bertz CT molecular complexity index is 764. The zero-order valence-electron chi connectivity index (χ0n) is 13.1. The van der Waals surface area contributed by atoms with E-state index in [0.29, 0.717) is 29.5 Å². The molecule has 2 aromatic rings. The number of hydrogen-bond donors (Lipinski definition) is 1. The first-order valence-corrected chi connectivity index (χ1v) is 9.48. The lowest BCUT2D eigenvalue weighted by atomic mass is 10.2. The number of aryl methyl sites for hydroxylation is 2. The van der Waals surface area contributed by atoms with Gasteiger partial charge in [-0.3, -0.25) is 4.68 Å². The fraction of sp³-hybridized carbons (Fsp3) is 0.500. The van der Waals surface area contributed by atoms with Crippen LogP contribution < -0.4 is 0 Å². The molecule has 0 bridgehead atoms. The summed E-state index contributed by atoms with van der Waals surface area (Å²) in [6, 6.07) is 6.89. The van der Waals surface area contributed by atoms with Gasteiger partial charge in [0, 0.05) is 6.54 Å². The number of nitrogens with zero attached hydrogens (tertiary/aromatic N) is 3. The van der Waals surface area contributed by atoms with Crippen LogP contribution in [-0.2, 0) is 16.4 Å². The van der Waals surface area contributed by atoms with Crippen LogP contribution in [0.4, 0.5) is 0 Å². The molecule has 6 nitrogen and oxygen atoms in total. The van der Waals surface area contributed by atoms with Gasteiger partial charge in [0.2, 0.25) is 0 Å². The first-order chi connectivity index (χ1) is 11.0. The topological polar surface area (TPSA) is 85.1 Å². The van der Waals surface area contributed by atoms with Gasteiger partial charge in [0.15, 0.2) is 9.84 Å². The second kappa shape index (κ2) is 6.41. The molecule has 1 aromatic carbocycles. The minimum absolute atomic E-state index is 0.0659. The van der Waals surface area contributed by atoms with Gasteiger partial charge < -0.3 is 5.11 Å². The minimum Gasteiger partial charge on any atom is -0.386 e. The number of rotatable bonds is 7. The van der Waals surface area contributed by atoms with Crippen molar-refractivity contribution in [1.29, 1.82) is 0 Å². The van der Waals surface area contributed by atoms with Gasteiger partial charge in [-0.25, -0.2) is 8.42 Å². The molecule has 0 aliphatic heterocycles. The summed E-state index contributed by atoms with van der Waals surface area (Å²) in [5.74, 6) is 0.373. The van der Waals surface area contributed by atoms with Crippen LogP contribution in [0.2, 0.25) is 0 Å². The number of hydrogen-bond acceptors (Lipinski definition) is 5. The van der Waals surface area contributed by atoms with E-state index in [0.717, 1.165) is 18.4 Å². The van der Waals surface area contributed by atoms with E-state index in [1.165, 1.54) is 0 Å². The Labute approximate surface area is 136 Å². The van der Waals surface area contributed by atoms with Crippen LogP contribution in [-0.4, -0.2) is 34.3 Å². The van der Waals surface area contributed by atoms with Crippen molar-refractivity contribution in [1.82, 2.24) is 15.0 Å². The number of benzene rings is 1. The fourth-order valence-electron chi connectivity index (χ4n) is 2.49. The highest BCUT2D eigenvalue weighted by Crippen LogP contribution is 2.40. The second-order valence-corrected chi connectivity index (χ2v) is 8.28. The molecule has 1 aliphatic carbocycles. The molecule has 1 heterocycles. The molecule has 0 amide bonds. The summed E-state index contributed by atoms with van der Waals surface area (Å²) in [5, 5.41) is 17.9. The Kier molecular flexibility index (Phi) is 4.50. The largest absolute Gasteiger partial charge is 0.386 e. The van der Waals surface area contributed by atoms with Crippen LogP contribution in [0.25, 0.3) is 0 Å². The third-order valence-electron chi connectivity index (χ3n) is 4.11. The quantitative estimate of drug-likeness (QED) is 0.835. The molecule has 23 heavy (non-hydrogen) atoms. The number of aliphatic hydroxyl groups is 1. The van der Waals surface area contributed by atoms with E-state index < -0.39 is 15.9 Å². The van der Waals surface area contributed by atoms with Crippen LogP contribution >= 0.6 is 0 Å². The fourth-order valence-corrected chi connectivity index (χ4v) is 3.79. The van der Waals surface area contributed by atoms with Crippen LogP contribution in [0.15, 0.2) is 35.4 Å². The van der Waals surface area contributed by atoms with E-state index >= 15 is 0 Å². The third kappa shape index (κ3) is 3.97. The highest BCUT2D eigenvalue weighted by molar-refractivity contribution is 7.91. The van der Waals surface area contributed by atoms with Crippen LogP contribution in [0, 0.1) is 12.8 Å². The molecule has 1 atom stereocenters. The van der Waals surface area contributed by atoms with Gasteiger partial charge >= 0.3 is 0 Å². The van der Waals surface area contributed by atoms with Crippen LogP contribution in [0.5, 0.6) is 0 Å². The summed E-state index contributed by atoms with van der Waals surface area (Å²) in [6.45, 7) is 2.39. The van der Waals surface area contributed by atoms with Crippen molar-refractivity contribution in [3.8, 4) is 0 Å². The maximum atomic E-state index is 12.3. The van der Waals surface area contributed by atoms with E-state index in [2.05, 4.69) is 10.3 Å². The van der Waals surface area contributed by atoms with Gasteiger partial charge in [-0.1, -0.05) is 22.9 Å². The zero-order valence-corrected chi connectivity index (χ0v) is 13.9. The molecule has 0 saturated heterocycles. The van der Waals surface area contributed by atoms with E-state index in [1.54, 1.807) is 35.1 Å². The molecule has 3 rings (SSSR count). The Morgan fingerprint density at radius 3 is 2.65 bits per heavy atom. The van der Waals surface area contributed by atoms with Crippen LogP contribution in [0.3, 0.4) is 0 Å². The summed E-state index contributed by atoms with van der Waals surface area (Å²) < 4.78 is 26.1. The number of aliphatic hydroxyl groups excluding tert-OH is 1. The molecule has 0 unspecified atom stereocenters. The lowest BCUT2D eigenvalue weighted by molar-refractivity contribution is 0.149. The van der Waals surface area contributed by atoms with E-state index in [9.17, 15) is 13.5 Å². The molecule has 1 N–H and O–H groups in total. The SMILES string of the molecule is Cc1ccc(S(=O)(=O)CCCn2cc([C@@H](O)C3CC3)nn2)cc1. The smallest absolute Gasteiger partial charge is 0.178 e. The second-order valence-electron chi connectivity index (χ2n) is 6.17. The molecule has 1 saturated carbocycles. The Hall–Kier alpha value is -1.73. The summed E-state index contributed by atoms with van der Waals surface area (Å²) in [4.78, 5) is 0.353. The van der Waals surface area contributed by atoms with Gasteiger partial charge in [-0.05, 0) is 44.2 Å². The van der Waals surface area contributed by atoms with Crippen LogP contribution in [0.1, 0.15) is 36.6 Å². The normalized spacial score (nSPS) is 16.4. The lowest BCUT2D eigenvalue weighted by Crippen LogP contribution is -2.10. The van der Waals surface area contributed by atoms with Crippen molar-refractivity contribution in [2.75, 3.05) is 5.75 Å². The van der Waals surface area contributed by atoms with Crippen molar-refractivity contribution in [2.24, 2.45) is 5.92 Å². The molecule has 1 aliphatic rings. The summed E-state index contributed by atoms with van der Waals surface area (Å²) in [6.07, 6.45) is 3.69. The maximum absolute atomic E-state index is 12.3. The number of sulfone groups is 1. The summed E-state index contributed by atoms with van der Waals surface area (Å²) in [5.41, 5.74) is 1.61. The molecule has 124 valence electrons. The maximum Gasteiger partial charge on any atom is 0.178 e. The van der Waals surface area contributed by atoms with E-state index in [-0.39, 0.29) is 5.75 Å². The first-order valence-electron chi connectivity index (χ1n) is 7.83. The van der Waals surface area contributed by atoms with Gasteiger partial charge in [0.25, 0.3) is 0 Å². The number of aromatic nitrogens is 3. The summed E-state index contributed by atoms with van der Waals surface area (Å²) in [7, 11) is -3.27. The molecule has 0 radical (unpaired) electrons. The van der Waals surface area contributed by atoms with Crippen molar-refractivity contribution in [3.05, 3.63) is 41.7 Å². The average Bonchev–Trinajstić information content (AvgIpc) is 3.26. The molecule has 1 aromatic heterocycles.